The summed E-state index contributed by atoms with van der Waals surface area (Å²) in [5.74, 6) is -0.180. The lowest BCUT2D eigenvalue weighted by atomic mass is 10.0. The maximum absolute atomic E-state index is 11.3. The first-order chi connectivity index (χ1) is 8.88. The van der Waals surface area contributed by atoms with Crippen LogP contribution in [0, 0.1) is 0 Å². The molecule has 1 aliphatic rings. The van der Waals surface area contributed by atoms with E-state index >= 15 is 0 Å². The number of rotatable bonds is 2. The van der Waals surface area contributed by atoms with Gasteiger partial charge in [0.05, 0.1) is 8.07 Å². The molecule has 0 N–H and O–H groups in total. The Labute approximate surface area is 116 Å². The standard InChI is InChI=1S/C16H22O2Si/c1-12(17)18-15-10-9-13-7-5-6-8-14(13)11-16(15)19(2,3)4/h5-8,11,15H,9-10H2,1-4H3. The fraction of sp³-hybridized carbons (Fsp3) is 0.438. The Kier molecular flexibility index (Phi) is 3.95. The van der Waals surface area contributed by atoms with Gasteiger partial charge in [0.15, 0.2) is 0 Å². The summed E-state index contributed by atoms with van der Waals surface area (Å²) in [6.45, 7) is 8.43. The summed E-state index contributed by atoms with van der Waals surface area (Å²) in [6.07, 6.45) is 4.09. The third-order valence-corrected chi connectivity index (χ3v) is 5.76. The van der Waals surface area contributed by atoms with Crippen LogP contribution in [0.15, 0.2) is 29.5 Å². The Morgan fingerprint density at radius 1 is 1.26 bits per heavy atom. The minimum atomic E-state index is -1.50. The number of carbonyl (C=O) groups is 1. The summed E-state index contributed by atoms with van der Waals surface area (Å²) in [5.41, 5.74) is 2.64. The van der Waals surface area contributed by atoms with Gasteiger partial charge in [-0.3, -0.25) is 4.79 Å². The molecule has 0 fully saturated rings. The van der Waals surface area contributed by atoms with Gasteiger partial charge in [0.2, 0.25) is 0 Å². The van der Waals surface area contributed by atoms with Crippen LogP contribution in [0.5, 0.6) is 0 Å². The zero-order chi connectivity index (χ0) is 14.0. The van der Waals surface area contributed by atoms with Crippen LogP contribution >= 0.6 is 0 Å². The van der Waals surface area contributed by atoms with Crippen molar-refractivity contribution in [1.29, 1.82) is 0 Å². The number of carbonyl (C=O) groups excluding carboxylic acids is 1. The molecule has 0 spiro atoms. The summed E-state index contributed by atoms with van der Waals surface area (Å²) in [7, 11) is -1.50. The summed E-state index contributed by atoms with van der Waals surface area (Å²) >= 11 is 0. The highest BCUT2D eigenvalue weighted by Crippen LogP contribution is 2.31. The van der Waals surface area contributed by atoms with Gasteiger partial charge in [0.25, 0.3) is 0 Å². The summed E-state index contributed by atoms with van der Waals surface area (Å²) in [5, 5.41) is 1.34. The van der Waals surface area contributed by atoms with Crippen LogP contribution in [0.2, 0.25) is 19.6 Å². The molecule has 0 amide bonds. The fourth-order valence-corrected chi connectivity index (χ4v) is 4.39. The molecule has 0 saturated heterocycles. The highest BCUT2D eigenvalue weighted by molar-refractivity contribution is 6.84. The summed E-state index contributed by atoms with van der Waals surface area (Å²) in [4.78, 5) is 11.3. The Bertz CT molecular complexity index is 512. The second-order valence-corrected chi connectivity index (χ2v) is 11.3. The quantitative estimate of drug-likeness (QED) is 0.605. The van der Waals surface area contributed by atoms with Gasteiger partial charge in [-0.1, -0.05) is 50.0 Å². The van der Waals surface area contributed by atoms with Gasteiger partial charge < -0.3 is 4.74 Å². The number of fused-ring (bicyclic) bond motifs is 1. The molecule has 1 unspecified atom stereocenters. The third kappa shape index (κ3) is 3.35. The molecule has 19 heavy (non-hydrogen) atoms. The van der Waals surface area contributed by atoms with Crippen molar-refractivity contribution in [3.63, 3.8) is 0 Å². The third-order valence-electron chi connectivity index (χ3n) is 3.56. The molecule has 0 aliphatic heterocycles. The highest BCUT2D eigenvalue weighted by Gasteiger charge is 2.30. The average molecular weight is 274 g/mol. The molecule has 102 valence electrons. The molecule has 1 aromatic carbocycles. The largest absolute Gasteiger partial charge is 0.458 e. The predicted molar refractivity (Wildman–Crippen MR) is 81.6 cm³/mol. The molecule has 1 atom stereocenters. The normalized spacial score (nSPS) is 19.2. The lowest BCUT2D eigenvalue weighted by molar-refractivity contribution is -0.144. The van der Waals surface area contributed by atoms with Crippen molar-refractivity contribution < 1.29 is 9.53 Å². The van der Waals surface area contributed by atoms with E-state index in [2.05, 4.69) is 50.0 Å². The maximum Gasteiger partial charge on any atom is 0.303 e. The van der Waals surface area contributed by atoms with Crippen molar-refractivity contribution >= 4 is 20.1 Å². The van der Waals surface area contributed by atoms with E-state index in [0.29, 0.717) is 0 Å². The van der Waals surface area contributed by atoms with E-state index in [0.717, 1.165) is 12.8 Å². The Morgan fingerprint density at radius 2 is 1.95 bits per heavy atom. The molecular weight excluding hydrogens is 252 g/mol. The van der Waals surface area contributed by atoms with Gasteiger partial charge in [0, 0.05) is 6.92 Å². The number of ether oxygens (including phenoxy) is 1. The Morgan fingerprint density at radius 3 is 2.58 bits per heavy atom. The van der Waals surface area contributed by atoms with Gasteiger partial charge in [-0.25, -0.2) is 0 Å². The van der Waals surface area contributed by atoms with E-state index in [4.69, 9.17) is 4.74 Å². The van der Waals surface area contributed by atoms with Crippen molar-refractivity contribution in [2.24, 2.45) is 0 Å². The molecule has 1 aromatic rings. The van der Waals surface area contributed by atoms with Gasteiger partial charge >= 0.3 is 5.97 Å². The second kappa shape index (κ2) is 5.33. The molecule has 2 nitrogen and oxygen atoms in total. The van der Waals surface area contributed by atoms with E-state index in [-0.39, 0.29) is 12.1 Å². The number of hydrogen-bond donors (Lipinski definition) is 0. The first-order valence-electron chi connectivity index (χ1n) is 6.85. The van der Waals surface area contributed by atoms with Crippen LogP contribution in [-0.2, 0) is 16.0 Å². The van der Waals surface area contributed by atoms with Crippen molar-refractivity contribution in [1.82, 2.24) is 0 Å². The lowest BCUT2D eigenvalue weighted by Crippen LogP contribution is -2.34. The molecule has 0 heterocycles. The monoisotopic (exact) mass is 274 g/mol. The number of hydrogen-bond acceptors (Lipinski definition) is 2. The molecule has 0 saturated carbocycles. The number of esters is 1. The van der Waals surface area contributed by atoms with E-state index in [1.165, 1.54) is 23.2 Å². The zero-order valence-corrected chi connectivity index (χ0v) is 13.2. The van der Waals surface area contributed by atoms with Gasteiger partial charge in [0.1, 0.15) is 6.10 Å². The summed E-state index contributed by atoms with van der Waals surface area (Å²) < 4.78 is 5.57. The van der Waals surface area contributed by atoms with Gasteiger partial charge in [-0.15, -0.1) is 0 Å². The minimum Gasteiger partial charge on any atom is -0.458 e. The van der Waals surface area contributed by atoms with Gasteiger partial charge in [-0.05, 0) is 29.2 Å². The molecular formula is C16H22O2Si. The topological polar surface area (TPSA) is 26.3 Å². The van der Waals surface area contributed by atoms with E-state index < -0.39 is 8.07 Å². The molecule has 0 radical (unpaired) electrons. The van der Waals surface area contributed by atoms with Crippen LogP contribution in [0.3, 0.4) is 0 Å². The van der Waals surface area contributed by atoms with Gasteiger partial charge in [-0.2, -0.15) is 0 Å². The van der Waals surface area contributed by atoms with E-state index in [9.17, 15) is 4.79 Å². The Balaban J connectivity index is 2.44. The highest BCUT2D eigenvalue weighted by atomic mass is 28.3. The van der Waals surface area contributed by atoms with E-state index in [1.807, 2.05) is 0 Å². The summed E-state index contributed by atoms with van der Waals surface area (Å²) in [6, 6.07) is 8.48. The van der Waals surface area contributed by atoms with Crippen molar-refractivity contribution in [2.75, 3.05) is 0 Å². The number of aryl methyl sites for hydroxylation is 1. The molecule has 3 heteroatoms. The second-order valence-electron chi connectivity index (χ2n) is 6.19. The molecule has 2 rings (SSSR count). The predicted octanol–water partition coefficient (Wildman–Crippen LogP) is 3.83. The fourth-order valence-electron chi connectivity index (χ4n) is 2.63. The van der Waals surface area contributed by atoms with Crippen LogP contribution in [0.1, 0.15) is 24.5 Å². The first kappa shape index (κ1) is 14.1. The minimum absolute atomic E-state index is 0.0448. The number of benzene rings is 1. The van der Waals surface area contributed by atoms with Crippen molar-refractivity contribution in [3.05, 3.63) is 40.6 Å². The Hall–Kier alpha value is -1.35. The molecule has 0 bridgehead atoms. The molecule has 1 aliphatic carbocycles. The SMILES string of the molecule is CC(=O)OC1CCc2ccccc2C=C1[Si](C)(C)C. The zero-order valence-electron chi connectivity index (χ0n) is 12.2. The van der Waals surface area contributed by atoms with E-state index in [1.54, 1.807) is 0 Å². The maximum atomic E-state index is 11.3. The van der Waals surface area contributed by atoms with Crippen LogP contribution in [0.4, 0.5) is 0 Å². The van der Waals surface area contributed by atoms with Crippen LogP contribution < -0.4 is 0 Å². The average Bonchev–Trinajstić information content (AvgIpc) is 2.48. The van der Waals surface area contributed by atoms with Crippen LogP contribution in [-0.4, -0.2) is 20.1 Å². The lowest BCUT2D eigenvalue weighted by Gasteiger charge is -2.27. The smallest absolute Gasteiger partial charge is 0.303 e. The van der Waals surface area contributed by atoms with Crippen molar-refractivity contribution in [3.8, 4) is 0 Å². The molecule has 0 aromatic heterocycles. The van der Waals surface area contributed by atoms with Crippen LogP contribution in [0.25, 0.3) is 6.08 Å². The first-order valence-corrected chi connectivity index (χ1v) is 10.3. The van der Waals surface area contributed by atoms with Crippen molar-refractivity contribution in [2.45, 2.75) is 45.5 Å².